The van der Waals surface area contributed by atoms with Crippen molar-refractivity contribution in [3.05, 3.63) is 18.2 Å². The number of nitrogens with one attached hydrogen (secondary N) is 1. The van der Waals surface area contributed by atoms with E-state index >= 15 is 0 Å². The third-order valence-corrected chi connectivity index (χ3v) is 3.69. The Balaban J connectivity index is 1.87. The van der Waals surface area contributed by atoms with Gasteiger partial charge in [0.05, 0.1) is 6.33 Å². The predicted octanol–water partition coefficient (Wildman–Crippen LogP) is 1.68. The Kier molecular flexibility index (Phi) is 5.39. The minimum Gasteiger partial charge on any atom is -0.348 e. The number of nitrogens with zero attached hydrogens (tertiary/aromatic N) is 2. The quantitative estimate of drug-likeness (QED) is 0.869. The zero-order valence-corrected chi connectivity index (χ0v) is 11.5. The van der Waals surface area contributed by atoms with E-state index in [-0.39, 0.29) is 5.91 Å². The molecule has 0 spiro atoms. The van der Waals surface area contributed by atoms with Crippen LogP contribution in [-0.2, 0) is 6.54 Å². The summed E-state index contributed by atoms with van der Waals surface area (Å²) in [5.74, 6) is -0.0543. The molecule has 1 amide bonds. The molecule has 0 saturated heterocycles. The first-order valence-corrected chi connectivity index (χ1v) is 7.32. The highest BCUT2D eigenvalue weighted by molar-refractivity contribution is 5.92. The van der Waals surface area contributed by atoms with Crippen LogP contribution in [0.15, 0.2) is 12.5 Å². The molecule has 1 aliphatic carbocycles. The lowest BCUT2D eigenvalue weighted by Crippen LogP contribution is -2.35. The molecule has 1 aromatic heterocycles. The van der Waals surface area contributed by atoms with Gasteiger partial charge >= 0.3 is 0 Å². The first-order valence-electron chi connectivity index (χ1n) is 7.32. The number of carbonyl (C=O) groups is 1. The van der Waals surface area contributed by atoms with Crippen LogP contribution in [0, 0.1) is 0 Å². The summed E-state index contributed by atoms with van der Waals surface area (Å²) in [6.45, 7) is 1.25. The van der Waals surface area contributed by atoms with Crippen LogP contribution < -0.4 is 11.1 Å². The molecule has 1 fully saturated rings. The van der Waals surface area contributed by atoms with E-state index in [4.69, 9.17) is 5.73 Å². The van der Waals surface area contributed by atoms with E-state index in [2.05, 4.69) is 10.3 Å². The van der Waals surface area contributed by atoms with Gasteiger partial charge in [-0.15, -0.1) is 0 Å². The molecule has 2 rings (SSSR count). The second kappa shape index (κ2) is 7.28. The molecular formula is C14H24N4O. The number of hydrogen-bond acceptors (Lipinski definition) is 3. The van der Waals surface area contributed by atoms with Crippen molar-refractivity contribution in [1.82, 2.24) is 14.9 Å². The van der Waals surface area contributed by atoms with E-state index in [1.165, 1.54) is 32.1 Å². The fourth-order valence-electron chi connectivity index (χ4n) is 2.61. The molecule has 0 aliphatic heterocycles. The largest absolute Gasteiger partial charge is 0.348 e. The highest BCUT2D eigenvalue weighted by atomic mass is 16.2. The van der Waals surface area contributed by atoms with Crippen molar-refractivity contribution < 1.29 is 4.79 Å². The highest BCUT2D eigenvalue weighted by Crippen LogP contribution is 2.17. The van der Waals surface area contributed by atoms with Gasteiger partial charge in [-0.3, -0.25) is 4.79 Å². The van der Waals surface area contributed by atoms with Crippen molar-refractivity contribution in [1.29, 1.82) is 0 Å². The molecule has 1 aliphatic rings. The average Bonchev–Trinajstić information content (AvgIpc) is 2.81. The predicted molar refractivity (Wildman–Crippen MR) is 74.9 cm³/mol. The molecule has 106 valence electrons. The molecule has 3 N–H and O–H groups in total. The normalized spacial score (nSPS) is 17.7. The van der Waals surface area contributed by atoms with Gasteiger partial charge in [0, 0.05) is 25.3 Å². The van der Waals surface area contributed by atoms with E-state index in [1.54, 1.807) is 12.5 Å². The number of rotatable bonds is 4. The summed E-state index contributed by atoms with van der Waals surface area (Å²) >= 11 is 0. The summed E-state index contributed by atoms with van der Waals surface area (Å²) in [6, 6.07) is 0.312. The van der Waals surface area contributed by atoms with Gasteiger partial charge in [0.25, 0.3) is 5.91 Å². The summed E-state index contributed by atoms with van der Waals surface area (Å²) in [6.07, 6.45) is 12.0. The minimum absolute atomic E-state index is 0.0543. The molecule has 5 heteroatoms. The van der Waals surface area contributed by atoms with Crippen molar-refractivity contribution in [3.63, 3.8) is 0 Å². The fourth-order valence-corrected chi connectivity index (χ4v) is 2.61. The second-order valence-corrected chi connectivity index (χ2v) is 5.30. The molecule has 1 heterocycles. The fraction of sp³-hybridized carbons (Fsp3) is 0.714. The Morgan fingerprint density at radius 1 is 1.32 bits per heavy atom. The first kappa shape index (κ1) is 14.1. The molecule has 5 nitrogen and oxygen atoms in total. The Bertz CT molecular complexity index is 394. The molecule has 0 unspecified atom stereocenters. The van der Waals surface area contributed by atoms with Crippen molar-refractivity contribution >= 4 is 5.91 Å². The molecule has 0 radical (unpaired) electrons. The maximum Gasteiger partial charge on any atom is 0.271 e. The summed E-state index contributed by atoms with van der Waals surface area (Å²) in [7, 11) is 0. The standard InChI is InChI=1S/C14H24N4O/c15-8-9-18-10-13(16-11-18)14(19)17-12-6-4-2-1-3-5-7-12/h10-12H,1-9,15H2,(H,17,19). The number of aromatic nitrogens is 2. The second-order valence-electron chi connectivity index (χ2n) is 5.30. The van der Waals surface area contributed by atoms with Crippen LogP contribution in [0.2, 0.25) is 0 Å². The monoisotopic (exact) mass is 264 g/mol. The van der Waals surface area contributed by atoms with Crippen LogP contribution in [-0.4, -0.2) is 28.0 Å². The number of hydrogen-bond donors (Lipinski definition) is 2. The molecular weight excluding hydrogens is 240 g/mol. The van der Waals surface area contributed by atoms with Gasteiger partial charge in [0.1, 0.15) is 5.69 Å². The van der Waals surface area contributed by atoms with E-state index in [9.17, 15) is 4.79 Å². The van der Waals surface area contributed by atoms with Crippen LogP contribution >= 0.6 is 0 Å². The SMILES string of the molecule is NCCn1cnc(C(=O)NC2CCCCCCC2)c1. The van der Waals surface area contributed by atoms with E-state index in [0.717, 1.165) is 12.8 Å². The third kappa shape index (κ3) is 4.35. The van der Waals surface area contributed by atoms with Gasteiger partial charge in [0.15, 0.2) is 0 Å². The average molecular weight is 264 g/mol. The zero-order chi connectivity index (χ0) is 13.5. The van der Waals surface area contributed by atoms with Crippen LogP contribution in [0.3, 0.4) is 0 Å². The maximum absolute atomic E-state index is 12.1. The number of amides is 1. The Hall–Kier alpha value is -1.36. The number of carbonyl (C=O) groups excluding carboxylic acids is 1. The van der Waals surface area contributed by atoms with Crippen LogP contribution in [0.4, 0.5) is 0 Å². The molecule has 0 bridgehead atoms. The summed E-state index contributed by atoms with van der Waals surface area (Å²) in [4.78, 5) is 16.2. The summed E-state index contributed by atoms with van der Waals surface area (Å²) in [5, 5.41) is 3.11. The summed E-state index contributed by atoms with van der Waals surface area (Å²) in [5.41, 5.74) is 5.97. The van der Waals surface area contributed by atoms with E-state index in [1.807, 2.05) is 4.57 Å². The maximum atomic E-state index is 12.1. The van der Waals surface area contributed by atoms with Gasteiger partial charge in [0.2, 0.25) is 0 Å². The topological polar surface area (TPSA) is 72.9 Å². The number of imidazole rings is 1. The molecule has 1 aromatic rings. The zero-order valence-electron chi connectivity index (χ0n) is 11.5. The van der Waals surface area contributed by atoms with Crippen LogP contribution in [0.25, 0.3) is 0 Å². The van der Waals surface area contributed by atoms with Crippen molar-refractivity contribution in [2.24, 2.45) is 5.73 Å². The molecule has 19 heavy (non-hydrogen) atoms. The smallest absolute Gasteiger partial charge is 0.271 e. The lowest BCUT2D eigenvalue weighted by atomic mass is 9.97. The van der Waals surface area contributed by atoms with Gasteiger partial charge < -0.3 is 15.6 Å². The third-order valence-electron chi connectivity index (χ3n) is 3.69. The molecule has 0 aromatic carbocycles. The van der Waals surface area contributed by atoms with Gasteiger partial charge in [-0.1, -0.05) is 32.1 Å². The Morgan fingerprint density at radius 2 is 2.00 bits per heavy atom. The van der Waals surface area contributed by atoms with Gasteiger partial charge in [-0.25, -0.2) is 4.98 Å². The van der Waals surface area contributed by atoms with Crippen LogP contribution in [0.1, 0.15) is 55.4 Å². The van der Waals surface area contributed by atoms with Crippen LogP contribution in [0.5, 0.6) is 0 Å². The van der Waals surface area contributed by atoms with Crippen molar-refractivity contribution in [2.45, 2.75) is 57.5 Å². The summed E-state index contributed by atoms with van der Waals surface area (Å²) < 4.78 is 1.85. The van der Waals surface area contributed by atoms with Crippen molar-refractivity contribution in [2.75, 3.05) is 6.54 Å². The van der Waals surface area contributed by atoms with Gasteiger partial charge in [-0.2, -0.15) is 0 Å². The lowest BCUT2D eigenvalue weighted by Gasteiger charge is -2.20. The van der Waals surface area contributed by atoms with Gasteiger partial charge in [-0.05, 0) is 12.8 Å². The highest BCUT2D eigenvalue weighted by Gasteiger charge is 2.16. The Morgan fingerprint density at radius 3 is 2.68 bits per heavy atom. The van der Waals surface area contributed by atoms with Crippen molar-refractivity contribution in [3.8, 4) is 0 Å². The molecule has 0 atom stereocenters. The minimum atomic E-state index is -0.0543. The van der Waals surface area contributed by atoms with E-state index in [0.29, 0.717) is 24.8 Å². The number of nitrogens with two attached hydrogens (primary N) is 1. The first-order chi connectivity index (χ1) is 9.29. The van der Waals surface area contributed by atoms with E-state index < -0.39 is 0 Å². The molecule has 1 saturated carbocycles. The Labute approximate surface area is 114 Å². The lowest BCUT2D eigenvalue weighted by molar-refractivity contribution is 0.0925.